The minimum atomic E-state index is 0.0739. The van der Waals surface area contributed by atoms with Crippen LogP contribution in [0.4, 0.5) is 5.69 Å². The molecule has 0 aliphatic carbocycles. The molecular formula is C17H21N3O. The maximum absolute atomic E-state index is 13.0. The van der Waals surface area contributed by atoms with Gasteiger partial charge in [-0.3, -0.25) is 4.79 Å². The number of benzene rings is 1. The summed E-state index contributed by atoms with van der Waals surface area (Å²) < 4.78 is 1.99. The Balaban J connectivity index is 2.01. The maximum Gasteiger partial charge on any atom is 0.274 e. The highest BCUT2D eigenvalue weighted by molar-refractivity contribution is 6.05. The zero-order valence-corrected chi connectivity index (χ0v) is 12.5. The van der Waals surface area contributed by atoms with Crippen molar-refractivity contribution in [1.82, 2.24) is 9.88 Å². The van der Waals surface area contributed by atoms with Gasteiger partial charge in [0, 0.05) is 37.6 Å². The van der Waals surface area contributed by atoms with E-state index in [1.54, 1.807) is 0 Å². The van der Waals surface area contributed by atoms with Crippen LogP contribution >= 0.6 is 0 Å². The average Bonchev–Trinajstić information content (AvgIpc) is 2.92. The van der Waals surface area contributed by atoms with Gasteiger partial charge in [0.1, 0.15) is 5.69 Å². The monoisotopic (exact) mass is 283 g/mol. The van der Waals surface area contributed by atoms with E-state index in [0.717, 1.165) is 24.5 Å². The van der Waals surface area contributed by atoms with Gasteiger partial charge in [0.05, 0.1) is 0 Å². The third-order valence-corrected chi connectivity index (χ3v) is 4.01. The van der Waals surface area contributed by atoms with Crippen LogP contribution in [0.15, 0.2) is 42.6 Å². The fourth-order valence-electron chi connectivity index (χ4n) is 2.86. The van der Waals surface area contributed by atoms with E-state index in [0.29, 0.717) is 6.54 Å². The average molecular weight is 283 g/mol. The van der Waals surface area contributed by atoms with Crippen molar-refractivity contribution in [2.24, 2.45) is 0 Å². The van der Waals surface area contributed by atoms with Crippen LogP contribution in [0.25, 0.3) is 0 Å². The molecule has 3 rings (SSSR count). The number of para-hydroxylation sites is 1. The molecule has 0 fully saturated rings. The summed E-state index contributed by atoms with van der Waals surface area (Å²) in [5.41, 5.74) is 2.94. The van der Waals surface area contributed by atoms with Crippen LogP contribution in [0, 0.1) is 0 Å². The first-order chi connectivity index (χ1) is 10.2. The molecule has 1 unspecified atom stereocenters. The van der Waals surface area contributed by atoms with Gasteiger partial charge in [0.15, 0.2) is 0 Å². The van der Waals surface area contributed by atoms with Crippen LogP contribution in [0.3, 0.4) is 0 Å². The Hall–Kier alpha value is -2.07. The summed E-state index contributed by atoms with van der Waals surface area (Å²) in [6.07, 6.45) is 1.96. The van der Waals surface area contributed by atoms with Crippen molar-refractivity contribution < 1.29 is 4.79 Å². The zero-order valence-electron chi connectivity index (χ0n) is 12.5. The van der Waals surface area contributed by atoms with Crippen molar-refractivity contribution in [3.05, 3.63) is 53.9 Å². The van der Waals surface area contributed by atoms with Gasteiger partial charge in [-0.1, -0.05) is 18.2 Å². The molecule has 2 aromatic rings. The van der Waals surface area contributed by atoms with Crippen LogP contribution in [-0.2, 0) is 13.1 Å². The van der Waals surface area contributed by atoms with Gasteiger partial charge in [-0.2, -0.15) is 0 Å². The molecule has 1 N–H and O–H groups in total. The van der Waals surface area contributed by atoms with Gasteiger partial charge in [0.25, 0.3) is 5.91 Å². The number of aromatic nitrogens is 1. The van der Waals surface area contributed by atoms with Gasteiger partial charge in [-0.15, -0.1) is 0 Å². The predicted octanol–water partition coefficient (Wildman–Crippen LogP) is 2.65. The highest BCUT2D eigenvalue weighted by Gasteiger charge is 2.26. The first kappa shape index (κ1) is 13.9. The SMILES string of the molecule is CCn1cccc1C(=O)N1CC(C)NCc2ccccc21. The minimum Gasteiger partial charge on any atom is -0.344 e. The number of carbonyl (C=O) groups excluding carboxylic acids is 1. The standard InChI is InChI=1S/C17H21N3O/c1-3-19-10-6-9-16(19)17(21)20-12-13(2)18-11-14-7-4-5-8-15(14)20/h4-10,13,18H,3,11-12H2,1-2H3. The summed E-state index contributed by atoms with van der Waals surface area (Å²) in [6.45, 7) is 6.46. The number of aryl methyl sites for hydroxylation is 1. The predicted molar refractivity (Wildman–Crippen MR) is 84.5 cm³/mol. The molecule has 0 saturated carbocycles. The summed E-state index contributed by atoms with van der Waals surface area (Å²) in [5.74, 6) is 0.0739. The van der Waals surface area contributed by atoms with E-state index in [2.05, 4.69) is 25.2 Å². The van der Waals surface area contributed by atoms with E-state index < -0.39 is 0 Å². The first-order valence-corrected chi connectivity index (χ1v) is 7.49. The molecule has 21 heavy (non-hydrogen) atoms. The number of nitrogens with one attached hydrogen (secondary N) is 1. The lowest BCUT2D eigenvalue weighted by Crippen LogP contribution is -2.40. The summed E-state index contributed by atoms with van der Waals surface area (Å²) in [4.78, 5) is 14.9. The number of hydrogen-bond donors (Lipinski definition) is 1. The molecule has 0 bridgehead atoms. The molecule has 1 aliphatic heterocycles. The second-order valence-corrected chi connectivity index (χ2v) is 5.51. The Labute approximate surface area is 125 Å². The lowest BCUT2D eigenvalue weighted by molar-refractivity contribution is 0.0976. The van der Waals surface area contributed by atoms with E-state index >= 15 is 0 Å². The van der Waals surface area contributed by atoms with Gasteiger partial charge in [-0.05, 0) is 37.6 Å². The van der Waals surface area contributed by atoms with Crippen LogP contribution in [0.1, 0.15) is 29.9 Å². The number of amides is 1. The molecular weight excluding hydrogens is 262 g/mol. The Morgan fingerprint density at radius 3 is 2.90 bits per heavy atom. The lowest BCUT2D eigenvalue weighted by atomic mass is 10.1. The molecule has 0 saturated heterocycles. The van der Waals surface area contributed by atoms with Crippen LogP contribution in [-0.4, -0.2) is 23.1 Å². The Kier molecular flexibility index (Phi) is 3.80. The third-order valence-electron chi connectivity index (χ3n) is 4.01. The smallest absolute Gasteiger partial charge is 0.274 e. The van der Waals surface area contributed by atoms with Crippen molar-refractivity contribution in [1.29, 1.82) is 0 Å². The highest BCUT2D eigenvalue weighted by Crippen LogP contribution is 2.25. The number of carbonyl (C=O) groups is 1. The minimum absolute atomic E-state index is 0.0739. The van der Waals surface area contributed by atoms with Gasteiger partial charge >= 0.3 is 0 Å². The second-order valence-electron chi connectivity index (χ2n) is 5.51. The summed E-state index contributed by atoms with van der Waals surface area (Å²) in [5, 5.41) is 3.46. The molecule has 0 spiro atoms. The number of nitrogens with zero attached hydrogens (tertiary/aromatic N) is 2. The number of fused-ring (bicyclic) bond motifs is 1. The second kappa shape index (κ2) is 5.74. The molecule has 110 valence electrons. The van der Waals surface area contributed by atoms with Crippen molar-refractivity contribution in [2.75, 3.05) is 11.4 Å². The Bertz CT molecular complexity index is 647. The van der Waals surface area contributed by atoms with Gasteiger partial charge in [-0.25, -0.2) is 0 Å². The number of anilines is 1. The van der Waals surface area contributed by atoms with E-state index in [4.69, 9.17) is 0 Å². The van der Waals surface area contributed by atoms with Crippen molar-refractivity contribution in [3.63, 3.8) is 0 Å². The van der Waals surface area contributed by atoms with Crippen molar-refractivity contribution in [3.8, 4) is 0 Å². The third kappa shape index (κ3) is 2.59. The van der Waals surface area contributed by atoms with Gasteiger partial charge in [0.2, 0.25) is 0 Å². The molecule has 4 nitrogen and oxygen atoms in total. The van der Waals surface area contributed by atoms with Crippen LogP contribution in [0.5, 0.6) is 0 Å². The quantitative estimate of drug-likeness (QED) is 0.920. The van der Waals surface area contributed by atoms with E-state index in [9.17, 15) is 4.79 Å². The topological polar surface area (TPSA) is 37.3 Å². The fraction of sp³-hybridized carbons (Fsp3) is 0.353. The summed E-state index contributed by atoms with van der Waals surface area (Å²) >= 11 is 0. The lowest BCUT2D eigenvalue weighted by Gasteiger charge is -2.25. The summed E-state index contributed by atoms with van der Waals surface area (Å²) in [6, 6.07) is 12.2. The largest absolute Gasteiger partial charge is 0.344 e. The van der Waals surface area contributed by atoms with E-state index in [1.807, 2.05) is 46.0 Å². The number of rotatable bonds is 2. The molecule has 4 heteroatoms. The van der Waals surface area contributed by atoms with E-state index in [-0.39, 0.29) is 11.9 Å². The van der Waals surface area contributed by atoms with Crippen molar-refractivity contribution >= 4 is 11.6 Å². The molecule has 1 aliphatic rings. The zero-order chi connectivity index (χ0) is 14.8. The Morgan fingerprint density at radius 2 is 2.10 bits per heavy atom. The van der Waals surface area contributed by atoms with Crippen molar-refractivity contribution in [2.45, 2.75) is 33.0 Å². The van der Waals surface area contributed by atoms with Crippen LogP contribution in [0.2, 0.25) is 0 Å². The molecule has 1 amide bonds. The van der Waals surface area contributed by atoms with Crippen LogP contribution < -0.4 is 10.2 Å². The van der Waals surface area contributed by atoms with E-state index in [1.165, 1.54) is 5.56 Å². The first-order valence-electron chi connectivity index (χ1n) is 7.49. The number of hydrogen-bond acceptors (Lipinski definition) is 2. The van der Waals surface area contributed by atoms with Gasteiger partial charge < -0.3 is 14.8 Å². The highest BCUT2D eigenvalue weighted by atomic mass is 16.2. The maximum atomic E-state index is 13.0. The Morgan fingerprint density at radius 1 is 1.29 bits per heavy atom. The molecule has 1 atom stereocenters. The molecule has 2 heterocycles. The fourth-order valence-corrected chi connectivity index (χ4v) is 2.86. The molecule has 1 aromatic carbocycles. The summed E-state index contributed by atoms with van der Waals surface area (Å²) in [7, 11) is 0. The molecule has 0 radical (unpaired) electrons. The normalized spacial score (nSPS) is 18.2. The molecule has 1 aromatic heterocycles.